The van der Waals surface area contributed by atoms with Crippen LogP contribution in [0.5, 0.6) is 0 Å². The summed E-state index contributed by atoms with van der Waals surface area (Å²) in [4.78, 5) is -0.684. The van der Waals surface area contributed by atoms with E-state index in [4.69, 9.17) is 48.5 Å². The third kappa shape index (κ3) is 6.24. The van der Waals surface area contributed by atoms with E-state index in [9.17, 15) is 17.6 Å². The summed E-state index contributed by atoms with van der Waals surface area (Å²) in [6.07, 6.45) is 0. The Balaban J connectivity index is 0. The molecule has 0 aliphatic heterocycles. The van der Waals surface area contributed by atoms with E-state index in [2.05, 4.69) is 25.3 Å². The van der Waals surface area contributed by atoms with Crippen molar-refractivity contribution < 1.29 is 56.5 Å². The first kappa shape index (κ1) is 27.1. The second-order valence-electron chi connectivity index (χ2n) is 3.60. The van der Waals surface area contributed by atoms with E-state index >= 15 is 0 Å². The Morgan fingerprint density at radius 3 is 1.04 bits per heavy atom. The summed E-state index contributed by atoms with van der Waals surface area (Å²) in [5.74, 6) is -7.08. The molecule has 0 aromatic heterocycles. The molecule has 0 saturated carbocycles. The molecule has 0 saturated heterocycles. The predicted octanol–water partition coefficient (Wildman–Crippen LogP) is 4.85. The molecule has 12 heteroatoms. The maximum atomic E-state index is 12.5. The second kappa shape index (κ2) is 11.6. The Kier molecular flexibility index (Phi) is 13.0. The molecule has 0 amide bonds. The zero-order valence-electron chi connectivity index (χ0n) is 11.5. The normalized spacial score (nSPS) is 9.25. The minimum absolute atomic E-state index is 0. The van der Waals surface area contributed by atoms with E-state index in [1.807, 2.05) is 0 Å². The Morgan fingerprint density at radius 1 is 0.542 bits per heavy atom. The van der Waals surface area contributed by atoms with Crippen LogP contribution in [0.15, 0.2) is 31.7 Å². The summed E-state index contributed by atoms with van der Waals surface area (Å²) in [6.45, 7) is 0. The first-order chi connectivity index (χ1) is 10.1. The smallest absolute Gasteiger partial charge is 0.780 e. The van der Waals surface area contributed by atoms with Gasteiger partial charge >= 0.3 is 39.0 Å². The monoisotopic (exact) mass is 548 g/mol. The Hall–Kier alpha value is 0.867. The van der Waals surface area contributed by atoms with Crippen molar-refractivity contribution in [3.05, 3.63) is 45.4 Å². The molecule has 0 atom stereocenters. The second-order valence-corrected chi connectivity index (χ2v) is 6.05. The van der Waals surface area contributed by atoms with Gasteiger partial charge in [0.15, 0.2) is 11.6 Å². The number of rotatable bonds is 0. The van der Waals surface area contributed by atoms with Gasteiger partial charge in [0.2, 0.25) is 0 Å². The SMILES string of the molecule is Fc1c(F)c(F)c([S-])c([S-])c1F.[S-]c1c(Cl)ccc(Cl)c1[S-].[Zn+2].[Zn+2]. The van der Waals surface area contributed by atoms with Crippen molar-refractivity contribution in [3.63, 3.8) is 0 Å². The Morgan fingerprint density at radius 2 is 0.792 bits per heavy atom. The summed E-state index contributed by atoms with van der Waals surface area (Å²) in [5.41, 5.74) is 0. The topological polar surface area (TPSA) is 0 Å². The molecule has 2 aromatic rings. The average molecular weight is 552 g/mol. The van der Waals surface area contributed by atoms with Crippen molar-refractivity contribution in [2.75, 3.05) is 0 Å². The third-order valence-electron chi connectivity index (χ3n) is 2.20. The van der Waals surface area contributed by atoms with Gasteiger partial charge in [0.05, 0.1) is 0 Å². The Labute approximate surface area is 193 Å². The van der Waals surface area contributed by atoms with Gasteiger partial charge in [0.25, 0.3) is 0 Å². The summed E-state index contributed by atoms with van der Waals surface area (Å²) in [5, 5.41) is 0.980. The van der Waals surface area contributed by atoms with E-state index in [1.165, 1.54) is 0 Å². The van der Waals surface area contributed by atoms with E-state index in [-0.39, 0.29) is 39.0 Å². The molecule has 0 aliphatic rings. The molecule has 0 N–H and O–H groups in total. The van der Waals surface area contributed by atoms with E-state index < -0.39 is 33.1 Å². The Bertz CT molecular complexity index is 603. The standard InChI is InChI=1S/C6H4Cl2S2.C6H2F4S2.2Zn/c7-3-1-2-4(8)6(10)5(3)9;7-1-2(8)4(10)6(12)5(11)3(1)9;;/h1-2,9-10H;11-12H;;/q;;2*+2/p-4. The molecule has 0 nitrogen and oxygen atoms in total. The molecule has 2 aromatic carbocycles. The molecule has 0 unspecified atom stereocenters. The van der Waals surface area contributed by atoms with Crippen LogP contribution in [0.25, 0.3) is 0 Å². The molecule has 2 rings (SSSR count). The minimum Gasteiger partial charge on any atom is -0.780 e. The molecular formula is C12H2Cl2F4S4Zn2. The van der Waals surface area contributed by atoms with E-state index in [0.29, 0.717) is 19.8 Å². The molecule has 24 heavy (non-hydrogen) atoms. The van der Waals surface area contributed by atoms with E-state index in [1.54, 1.807) is 12.1 Å². The molecule has 0 spiro atoms. The van der Waals surface area contributed by atoms with Crippen LogP contribution in [0.1, 0.15) is 0 Å². The largest absolute Gasteiger partial charge is 2.00 e. The molecular weight excluding hydrogens is 550 g/mol. The number of hydrogen-bond donors (Lipinski definition) is 0. The fraction of sp³-hybridized carbons (Fsp3) is 0. The summed E-state index contributed by atoms with van der Waals surface area (Å²) in [6, 6.07) is 3.28. The van der Waals surface area contributed by atoms with Crippen molar-refractivity contribution in [2.24, 2.45) is 0 Å². The number of halogens is 6. The van der Waals surface area contributed by atoms with Gasteiger partial charge in [-0.25, -0.2) is 17.6 Å². The zero-order valence-corrected chi connectivity index (χ0v) is 22.2. The van der Waals surface area contributed by atoms with E-state index in [0.717, 1.165) is 0 Å². The summed E-state index contributed by atoms with van der Waals surface area (Å²) in [7, 11) is 0. The molecule has 0 aliphatic carbocycles. The van der Waals surface area contributed by atoms with Crippen molar-refractivity contribution in [1.29, 1.82) is 0 Å². The van der Waals surface area contributed by atoms with Gasteiger partial charge in [0.1, 0.15) is 11.6 Å². The maximum absolute atomic E-state index is 12.5. The summed E-state index contributed by atoms with van der Waals surface area (Å²) >= 11 is 29.4. The van der Waals surface area contributed by atoms with Crippen LogP contribution in [-0.4, -0.2) is 0 Å². The first-order valence-corrected chi connectivity index (χ1v) is 7.50. The molecule has 0 bridgehead atoms. The third-order valence-corrected chi connectivity index (χ3v) is 4.93. The van der Waals surface area contributed by atoms with Crippen LogP contribution in [0.4, 0.5) is 17.6 Å². The minimum atomic E-state index is -1.92. The molecule has 0 radical (unpaired) electrons. The van der Waals surface area contributed by atoms with Crippen molar-refractivity contribution >= 4 is 73.7 Å². The average Bonchev–Trinajstić information content (AvgIpc) is 2.51. The summed E-state index contributed by atoms with van der Waals surface area (Å²) < 4.78 is 49.6. The van der Waals surface area contributed by atoms with Crippen LogP contribution in [0, 0.1) is 23.3 Å². The molecule has 0 fully saturated rings. The van der Waals surface area contributed by atoms with Crippen LogP contribution < -0.4 is 0 Å². The van der Waals surface area contributed by atoms with Crippen LogP contribution in [0.2, 0.25) is 10.0 Å². The van der Waals surface area contributed by atoms with Gasteiger partial charge in [-0.1, -0.05) is 23.2 Å². The zero-order chi connectivity index (χ0) is 17.2. The van der Waals surface area contributed by atoms with Gasteiger partial charge in [-0.2, -0.15) is 19.6 Å². The fourth-order valence-electron chi connectivity index (χ4n) is 1.11. The van der Waals surface area contributed by atoms with Crippen molar-refractivity contribution in [2.45, 2.75) is 19.6 Å². The van der Waals surface area contributed by atoms with Gasteiger partial charge in [-0.15, -0.1) is 0 Å². The van der Waals surface area contributed by atoms with Crippen molar-refractivity contribution in [3.8, 4) is 0 Å². The quantitative estimate of drug-likeness (QED) is 0.151. The van der Waals surface area contributed by atoms with Crippen LogP contribution in [0.3, 0.4) is 0 Å². The van der Waals surface area contributed by atoms with Crippen LogP contribution in [-0.2, 0) is 89.5 Å². The number of hydrogen-bond acceptors (Lipinski definition) is 4. The van der Waals surface area contributed by atoms with Gasteiger partial charge in [0, 0.05) is 10.0 Å². The predicted molar refractivity (Wildman–Crippen MR) is 85.3 cm³/mol. The van der Waals surface area contributed by atoms with Gasteiger partial charge in [-0.05, 0) is 12.1 Å². The maximum Gasteiger partial charge on any atom is 2.00 e. The first-order valence-electron chi connectivity index (χ1n) is 5.11. The van der Waals surface area contributed by atoms with Crippen molar-refractivity contribution in [1.82, 2.24) is 0 Å². The van der Waals surface area contributed by atoms with Crippen LogP contribution >= 0.6 is 23.2 Å². The van der Waals surface area contributed by atoms with Gasteiger partial charge in [-0.3, -0.25) is 0 Å². The number of benzene rings is 2. The fourth-order valence-corrected chi connectivity index (χ4v) is 2.25. The molecule has 0 heterocycles. The molecule has 120 valence electrons. The van der Waals surface area contributed by atoms with Gasteiger partial charge < -0.3 is 50.5 Å².